The Kier molecular flexibility index (Phi) is 5.38. The molecule has 0 spiro atoms. The van der Waals surface area contributed by atoms with Gasteiger partial charge in [-0.2, -0.15) is 5.10 Å². The number of nitrogens with two attached hydrogens (primary N) is 1. The molecular formula is C16H22ClN5O. The van der Waals surface area contributed by atoms with E-state index in [0.717, 1.165) is 29.8 Å². The fourth-order valence-corrected chi connectivity index (χ4v) is 3.12. The zero-order valence-electron chi connectivity index (χ0n) is 13.3. The highest BCUT2D eigenvalue weighted by Crippen LogP contribution is 2.25. The van der Waals surface area contributed by atoms with Crippen LogP contribution in [0.5, 0.6) is 0 Å². The van der Waals surface area contributed by atoms with Crippen LogP contribution in [0.4, 0.5) is 0 Å². The number of halogens is 1. The Balaban J connectivity index is 0.00000192. The number of nitrogens with zero attached hydrogens (tertiary/aromatic N) is 4. The summed E-state index contributed by atoms with van der Waals surface area (Å²) in [6, 6.07) is 5.98. The lowest BCUT2D eigenvalue weighted by molar-refractivity contribution is 0.0742. The zero-order chi connectivity index (χ0) is 15.7. The molecule has 1 amide bonds. The van der Waals surface area contributed by atoms with Gasteiger partial charge in [-0.25, -0.2) is 9.67 Å². The number of benzene rings is 1. The second-order valence-electron chi connectivity index (χ2n) is 5.98. The largest absolute Gasteiger partial charge is 0.336 e. The van der Waals surface area contributed by atoms with Gasteiger partial charge < -0.3 is 10.6 Å². The number of aryl methyl sites for hydroxylation is 1. The average Bonchev–Trinajstić information content (AvgIpc) is 3.15. The molecule has 2 atom stereocenters. The monoisotopic (exact) mass is 335 g/mol. The van der Waals surface area contributed by atoms with Gasteiger partial charge in [0.2, 0.25) is 0 Å². The molecule has 2 heterocycles. The molecule has 1 aliphatic heterocycles. The van der Waals surface area contributed by atoms with Crippen molar-refractivity contribution < 1.29 is 4.79 Å². The van der Waals surface area contributed by atoms with Crippen LogP contribution in [0.1, 0.15) is 29.3 Å². The molecule has 2 N–H and O–H groups in total. The second-order valence-corrected chi connectivity index (χ2v) is 5.98. The molecule has 124 valence electrons. The predicted octanol–water partition coefficient (Wildman–Crippen LogP) is 1.81. The number of carbonyl (C=O) groups is 1. The summed E-state index contributed by atoms with van der Waals surface area (Å²) in [6.07, 6.45) is 4.12. The number of hydrogen-bond donors (Lipinski definition) is 1. The van der Waals surface area contributed by atoms with Crippen molar-refractivity contribution in [3.63, 3.8) is 0 Å². The third kappa shape index (κ3) is 3.38. The molecule has 0 bridgehead atoms. The summed E-state index contributed by atoms with van der Waals surface area (Å²) >= 11 is 0. The topological polar surface area (TPSA) is 77.0 Å². The molecule has 1 saturated heterocycles. The van der Waals surface area contributed by atoms with E-state index in [9.17, 15) is 4.79 Å². The molecule has 0 aliphatic carbocycles. The number of rotatable bonds is 3. The minimum absolute atomic E-state index is 0. The van der Waals surface area contributed by atoms with Gasteiger partial charge in [0.25, 0.3) is 5.91 Å². The minimum atomic E-state index is 0. The first-order valence-corrected chi connectivity index (χ1v) is 7.57. The maximum atomic E-state index is 12.8. The van der Waals surface area contributed by atoms with E-state index in [4.69, 9.17) is 5.73 Å². The Bertz CT molecular complexity index is 673. The maximum absolute atomic E-state index is 12.8. The predicted molar refractivity (Wildman–Crippen MR) is 91.0 cm³/mol. The molecule has 3 rings (SSSR count). The van der Waals surface area contributed by atoms with Crippen molar-refractivity contribution in [1.29, 1.82) is 0 Å². The molecule has 0 radical (unpaired) electrons. The van der Waals surface area contributed by atoms with Gasteiger partial charge in [-0.3, -0.25) is 4.79 Å². The van der Waals surface area contributed by atoms with Gasteiger partial charge in [0, 0.05) is 18.2 Å². The van der Waals surface area contributed by atoms with E-state index in [1.54, 1.807) is 11.0 Å². The smallest absolute Gasteiger partial charge is 0.254 e. The van der Waals surface area contributed by atoms with Crippen molar-refractivity contribution in [3.8, 4) is 5.69 Å². The lowest BCUT2D eigenvalue weighted by Crippen LogP contribution is -2.34. The summed E-state index contributed by atoms with van der Waals surface area (Å²) in [7, 11) is 0. The fourth-order valence-electron chi connectivity index (χ4n) is 3.12. The number of amides is 1. The number of carbonyl (C=O) groups excluding carboxylic acids is 1. The highest BCUT2D eigenvalue weighted by Gasteiger charge is 2.32. The number of likely N-dealkylation sites (tertiary alicyclic amines) is 1. The van der Waals surface area contributed by atoms with Gasteiger partial charge >= 0.3 is 0 Å². The molecule has 1 aromatic carbocycles. The molecule has 2 unspecified atom stereocenters. The summed E-state index contributed by atoms with van der Waals surface area (Å²) in [6.45, 7) is 5.43. The first kappa shape index (κ1) is 17.4. The normalized spacial score (nSPS) is 20.4. The molecule has 1 aliphatic rings. The van der Waals surface area contributed by atoms with Crippen LogP contribution < -0.4 is 5.73 Å². The summed E-state index contributed by atoms with van der Waals surface area (Å²) in [5, 5.41) is 4.11. The van der Waals surface area contributed by atoms with Crippen LogP contribution >= 0.6 is 12.4 Å². The molecule has 23 heavy (non-hydrogen) atoms. The molecule has 1 aromatic heterocycles. The summed E-state index contributed by atoms with van der Waals surface area (Å²) < 4.78 is 1.68. The van der Waals surface area contributed by atoms with Gasteiger partial charge in [0.15, 0.2) is 0 Å². The van der Waals surface area contributed by atoms with Gasteiger partial charge in [-0.15, -0.1) is 12.4 Å². The highest BCUT2D eigenvalue weighted by atomic mass is 35.5. The van der Waals surface area contributed by atoms with E-state index >= 15 is 0 Å². The molecule has 2 aromatic rings. The molecular weight excluding hydrogens is 314 g/mol. The Morgan fingerprint density at radius 1 is 1.43 bits per heavy atom. The van der Waals surface area contributed by atoms with Crippen molar-refractivity contribution in [3.05, 3.63) is 42.0 Å². The fraction of sp³-hybridized carbons (Fsp3) is 0.438. The van der Waals surface area contributed by atoms with Crippen LogP contribution in [-0.2, 0) is 0 Å². The van der Waals surface area contributed by atoms with E-state index in [-0.39, 0.29) is 24.4 Å². The van der Waals surface area contributed by atoms with Gasteiger partial charge in [-0.1, -0.05) is 0 Å². The van der Waals surface area contributed by atoms with Crippen LogP contribution in [0.2, 0.25) is 0 Å². The first-order valence-electron chi connectivity index (χ1n) is 7.57. The molecule has 0 saturated carbocycles. The Labute approximate surface area is 142 Å². The van der Waals surface area contributed by atoms with E-state index < -0.39 is 0 Å². The third-order valence-corrected chi connectivity index (χ3v) is 4.38. The van der Waals surface area contributed by atoms with Crippen LogP contribution in [0.15, 0.2) is 30.9 Å². The van der Waals surface area contributed by atoms with E-state index in [1.807, 2.05) is 30.0 Å². The second kappa shape index (κ2) is 7.10. The van der Waals surface area contributed by atoms with Gasteiger partial charge in [-0.05, 0) is 56.5 Å². The van der Waals surface area contributed by atoms with Crippen molar-refractivity contribution >= 4 is 18.3 Å². The maximum Gasteiger partial charge on any atom is 0.254 e. The first-order chi connectivity index (χ1) is 10.6. The molecule has 7 heteroatoms. The average molecular weight is 336 g/mol. The lowest BCUT2D eigenvalue weighted by atomic mass is 10.1. The van der Waals surface area contributed by atoms with Gasteiger partial charge in [0.1, 0.15) is 12.7 Å². The summed E-state index contributed by atoms with van der Waals surface area (Å²) in [5.41, 5.74) is 8.34. The van der Waals surface area contributed by atoms with Gasteiger partial charge in [0.05, 0.1) is 5.69 Å². The Morgan fingerprint density at radius 3 is 2.78 bits per heavy atom. The van der Waals surface area contributed by atoms with E-state index in [2.05, 4.69) is 17.0 Å². The summed E-state index contributed by atoms with van der Waals surface area (Å²) in [4.78, 5) is 18.7. The van der Waals surface area contributed by atoms with Crippen LogP contribution in [0, 0.1) is 12.8 Å². The third-order valence-electron chi connectivity index (χ3n) is 4.38. The quantitative estimate of drug-likeness (QED) is 0.928. The number of aromatic nitrogens is 3. The minimum Gasteiger partial charge on any atom is -0.336 e. The van der Waals surface area contributed by atoms with Crippen LogP contribution in [-0.4, -0.2) is 44.7 Å². The Morgan fingerprint density at radius 2 is 2.22 bits per heavy atom. The van der Waals surface area contributed by atoms with Crippen molar-refractivity contribution in [2.75, 3.05) is 13.1 Å². The van der Waals surface area contributed by atoms with E-state index in [0.29, 0.717) is 12.5 Å². The van der Waals surface area contributed by atoms with Crippen molar-refractivity contribution in [2.45, 2.75) is 26.3 Å². The van der Waals surface area contributed by atoms with Crippen molar-refractivity contribution in [1.82, 2.24) is 19.7 Å². The SMILES string of the molecule is Cc1cc(-n2cncn2)ccc1C(=O)N1CC(CN)CC1C.Cl. The Hall–Kier alpha value is -1.92. The van der Waals surface area contributed by atoms with Crippen LogP contribution in [0.25, 0.3) is 5.69 Å². The summed E-state index contributed by atoms with van der Waals surface area (Å²) in [5.74, 6) is 0.500. The highest BCUT2D eigenvalue weighted by molar-refractivity contribution is 5.96. The molecule has 6 nitrogen and oxygen atoms in total. The molecule has 1 fully saturated rings. The standard InChI is InChI=1S/C16H21N5O.ClH/c1-11-5-14(21-10-18-9-19-21)3-4-15(11)16(22)20-8-13(7-17)6-12(20)2;/h3-5,9-10,12-13H,6-8,17H2,1-2H3;1H. The zero-order valence-corrected chi connectivity index (χ0v) is 14.2. The van der Waals surface area contributed by atoms with E-state index in [1.165, 1.54) is 6.33 Å². The van der Waals surface area contributed by atoms with Crippen LogP contribution in [0.3, 0.4) is 0 Å². The number of hydrogen-bond acceptors (Lipinski definition) is 4. The van der Waals surface area contributed by atoms with Crippen molar-refractivity contribution in [2.24, 2.45) is 11.7 Å². The lowest BCUT2D eigenvalue weighted by Gasteiger charge is -2.22.